The van der Waals surface area contributed by atoms with Crippen molar-refractivity contribution in [3.63, 3.8) is 0 Å². The summed E-state index contributed by atoms with van der Waals surface area (Å²) in [6.45, 7) is 10.9. The van der Waals surface area contributed by atoms with Gasteiger partial charge < -0.3 is 4.74 Å². The van der Waals surface area contributed by atoms with Crippen molar-refractivity contribution in [1.29, 1.82) is 0 Å². The summed E-state index contributed by atoms with van der Waals surface area (Å²) in [5, 5.41) is 0. The minimum atomic E-state index is -0.350. The Morgan fingerprint density at radius 1 is 1.06 bits per heavy atom. The highest BCUT2D eigenvalue weighted by molar-refractivity contribution is 8.19. The van der Waals surface area contributed by atoms with Crippen molar-refractivity contribution in [3.8, 4) is 11.8 Å². The minimum absolute atomic E-state index is 0.0149. The third-order valence-electron chi connectivity index (χ3n) is 2.93. The zero-order valence-corrected chi connectivity index (χ0v) is 13.5. The third kappa shape index (κ3) is 3.84. The van der Waals surface area contributed by atoms with Crippen molar-refractivity contribution < 1.29 is 4.74 Å². The van der Waals surface area contributed by atoms with E-state index in [-0.39, 0.29) is 15.1 Å². The molecular weight excluding hydrogens is 248 g/mol. The first-order valence-electron chi connectivity index (χ1n) is 6.10. The molecule has 0 N–H and O–H groups in total. The average molecular weight is 272 g/mol. The molecular formula is C14H24OS2. The molecule has 0 bridgehead atoms. The van der Waals surface area contributed by atoms with Crippen LogP contribution in [-0.4, -0.2) is 28.3 Å². The van der Waals surface area contributed by atoms with E-state index in [1.165, 1.54) is 17.9 Å². The highest BCUT2D eigenvalue weighted by Gasteiger charge is 2.43. The lowest BCUT2D eigenvalue weighted by atomic mass is 9.90. The molecule has 0 atom stereocenters. The van der Waals surface area contributed by atoms with Gasteiger partial charge in [0.2, 0.25) is 0 Å². The zero-order chi connectivity index (χ0) is 13.2. The monoisotopic (exact) mass is 272 g/mol. The van der Waals surface area contributed by atoms with Gasteiger partial charge in [0.05, 0.1) is 0 Å². The molecule has 0 spiro atoms. The first-order chi connectivity index (χ1) is 7.72. The Kier molecular flexibility index (Phi) is 4.91. The first-order valence-corrected chi connectivity index (χ1v) is 8.07. The molecule has 1 heterocycles. The van der Waals surface area contributed by atoms with Crippen LogP contribution < -0.4 is 0 Å². The maximum atomic E-state index is 5.39. The van der Waals surface area contributed by atoms with Gasteiger partial charge in [-0.2, -0.15) is 0 Å². The number of ether oxygens (including phenoxy) is 1. The van der Waals surface area contributed by atoms with Gasteiger partial charge in [-0.3, -0.25) is 0 Å². The minimum Gasteiger partial charge on any atom is -0.366 e. The molecule has 0 aliphatic carbocycles. The molecule has 0 saturated carbocycles. The largest absolute Gasteiger partial charge is 0.366 e. The lowest BCUT2D eigenvalue weighted by Crippen LogP contribution is -2.38. The van der Waals surface area contributed by atoms with Gasteiger partial charge in [-0.05, 0) is 37.2 Å². The van der Waals surface area contributed by atoms with E-state index in [4.69, 9.17) is 4.74 Å². The van der Waals surface area contributed by atoms with Crippen molar-refractivity contribution in [2.24, 2.45) is 5.41 Å². The number of hydrogen-bond donors (Lipinski definition) is 0. The summed E-state index contributed by atoms with van der Waals surface area (Å²) in [5.74, 6) is 9.26. The quantitative estimate of drug-likeness (QED) is 0.667. The summed E-state index contributed by atoms with van der Waals surface area (Å²) in [7, 11) is 1.72. The van der Waals surface area contributed by atoms with E-state index in [1.807, 2.05) is 37.4 Å². The summed E-state index contributed by atoms with van der Waals surface area (Å²) >= 11 is 4.01. The standard InChI is InChI=1S/C14H24OS2/c1-12(2,3)14(16-10-7-11-17-14)9-8-13(4,5)15-6/h7,10-11H2,1-6H3. The van der Waals surface area contributed by atoms with Crippen molar-refractivity contribution in [3.05, 3.63) is 0 Å². The van der Waals surface area contributed by atoms with E-state index in [1.54, 1.807) is 7.11 Å². The second-order valence-corrected chi connectivity index (χ2v) is 8.76. The fraction of sp³-hybridized carbons (Fsp3) is 0.857. The van der Waals surface area contributed by atoms with Crippen molar-refractivity contribution in [2.75, 3.05) is 18.6 Å². The predicted octanol–water partition coefficient (Wildman–Crippen LogP) is 4.03. The summed E-state index contributed by atoms with van der Waals surface area (Å²) in [6.07, 6.45) is 1.29. The smallest absolute Gasteiger partial charge is 0.127 e. The van der Waals surface area contributed by atoms with Crippen LogP contribution in [0.3, 0.4) is 0 Å². The van der Waals surface area contributed by atoms with E-state index >= 15 is 0 Å². The molecule has 17 heavy (non-hydrogen) atoms. The Morgan fingerprint density at radius 2 is 1.59 bits per heavy atom. The molecule has 0 aromatic carbocycles. The third-order valence-corrected chi connectivity index (χ3v) is 6.86. The van der Waals surface area contributed by atoms with Crippen LogP contribution in [0.2, 0.25) is 0 Å². The molecule has 0 aromatic rings. The first kappa shape index (κ1) is 15.3. The number of rotatable bonds is 1. The van der Waals surface area contributed by atoms with Crippen molar-refractivity contribution in [2.45, 2.75) is 50.7 Å². The Bertz CT molecular complexity index is 311. The highest BCUT2D eigenvalue weighted by atomic mass is 32.2. The molecule has 0 amide bonds. The molecule has 0 radical (unpaired) electrons. The van der Waals surface area contributed by atoms with E-state index in [0.717, 1.165) is 0 Å². The van der Waals surface area contributed by atoms with Crippen LogP contribution in [0, 0.1) is 17.3 Å². The topological polar surface area (TPSA) is 9.23 Å². The molecule has 0 unspecified atom stereocenters. The molecule has 1 saturated heterocycles. The number of methoxy groups -OCH3 is 1. The fourth-order valence-corrected chi connectivity index (χ4v) is 4.79. The molecule has 3 heteroatoms. The predicted molar refractivity (Wildman–Crippen MR) is 80.6 cm³/mol. The maximum absolute atomic E-state index is 5.39. The number of thioether (sulfide) groups is 2. The molecule has 98 valence electrons. The van der Waals surface area contributed by atoms with Crippen LogP contribution in [-0.2, 0) is 4.74 Å². The van der Waals surface area contributed by atoms with E-state index < -0.39 is 0 Å². The van der Waals surface area contributed by atoms with Gasteiger partial charge in [0, 0.05) is 7.11 Å². The summed E-state index contributed by atoms with van der Waals surface area (Å²) in [6, 6.07) is 0. The molecule has 1 rings (SSSR count). The lowest BCUT2D eigenvalue weighted by molar-refractivity contribution is 0.0740. The van der Waals surface area contributed by atoms with Crippen LogP contribution in [0.1, 0.15) is 41.0 Å². The Morgan fingerprint density at radius 3 is 2.00 bits per heavy atom. The Balaban J connectivity index is 3.00. The van der Waals surface area contributed by atoms with Gasteiger partial charge >= 0.3 is 0 Å². The van der Waals surface area contributed by atoms with Gasteiger partial charge in [-0.25, -0.2) is 0 Å². The van der Waals surface area contributed by atoms with Gasteiger partial charge in [0.1, 0.15) is 9.68 Å². The molecule has 1 aliphatic heterocycles. The maximum Gasteiger partial charge on any atom is 0.127 e. The Labute approximate surface area is 115 Å². The van der Waals surface area contributed by atoms with Crippen molar-refractivity contribution >= 4 is 23.5 Å². The normalized spacial score (nSPS) is 20.6. The van der Waals surface area contributed by atoms with Gasteiger partial charge in [-0.15, -0.1) is 23.5 Å². The van der Waals surface area contributed by atoms with Gasteiger partial charge in [0.25, 0.3) is 0 Å². The van der Waals surface area contributed by atoms with Crippen LogP contribution in [0.25, 0.3) is 0 Å². The summed E-state index contributed by atoms with van der Waals surface area (Å²) in [4.78, 5) is 0. The van der Waals surface area contributed by atoms with Crippen LogP contribution in [0.5, 0.6) is 0 Å². The second kappa shape index (κ2) is 5.47. The molecule has 1 nitrogen and oxygen atoms in total. The van der Waals surface area contributed by atoms with Gasteiger partial charge in [-0.1, -0.05) is 32.6 Å². The van der Waals surface area contributed by atoms with E-state index in [9.17, 15) is 0 Å². The second-order valence-electron chi connectivity index (χ2n) is 5.88. The zero-order valence-electron chi connectivity index (χ0n) is 11.8. The summed E-state index contributed by atoms with van der Waals surface area (Å²) in [5.41, 5.74) is -0.170. The van der Waals surface area contributed by atoms with Crippen LogP contribution >= 0.6 is 23.5 Å². The molecule has 0 aromatic heterocycles. The SMILES string of the molecule is COC(C)(C)C#CC1(C(C)(C)C)SCCCS1. The molecule has 1 fully saturated rings. The van der Waals surface area contributed by atoms with E-state index in [0.29, 0.717) is 0 Å². The Hall–Kier alpha value is 0.220. The highest BCUT2D eigenvalue weighted by Crippen LogP contribution is 2.52. The lowest BCUT2D eigenvalue weighted by Gasteiger charge is -2.42. The fourth-order valence-electron chi connectivity index (χ4n) is 1.51. The average Bonchev–Trinajstić information content (AvgIpc) is 2.26. The van der Waals surface area contributed by atoms with Gasteiger partial charge in [0.15, 0.2) is 0 Å². The van der Waals surface area contributed by atoms with Crippen LogP contribution in [0.15, 0.2) is 0 Å². The van der Waals surface area contributed by atoms with Crippen LogP contribution in [0.4, 0.5) is 0 Å². The number of hydrogen-bond acceptors (Lipinski definition) is 3. The summed E-state index contributed by atoms with van der Waals surface area (Å²) < 4.78 is 5.41. The molecule has 1 aliphatic rings. The van der Waals surface area contributed by atoms with E-state index in [2.05, 4.69) is 32.6 Å². The van der Waals surface area contributed by atoms with Crippen molar-refractivity contribution in [1.82, 2.24) is 0 Å².